The first kappa shape index (κ1) is 10.4. The van der Waals surface area contributed by atoms with Gasteiger partial charge in [0, 0.05) is 37.0 Å². The molecule has 3 nitrogen and oxygen atoms in total. The minimum Gasteiger partial charge on any atom is -0.392 e. The van der Waals surface area contributed by atoms with E-state index in [1.54, 1.807) is 0 Å². The highest BCUT2D eigenvalue weighted by Gasteiger charge is 2.52. The Labute approximate surface area is 86.3 Å². The van der Waals surface area contributed by atoms with Gasteiger partial charge in [-0.2, -0.15) is 0 Å². The Balaban J connectivity index is 2.22. The van der Waals surface area contributed by atoms with Crippen LogP contribution in [0.1, 0.15) is 26.7 Å². The number of nitrogens with one attached hydrogen (secondary N) is 2. The minimum atomic E-state index is -0.141. The van der Waals surface area contributed by atoms with E-state index in [1.807, 2.05) is 0 Å². The maximum atomic E-state index is 10.4. The summed E-state index contributed by atoms with van der Waals surface area (Å²) in [5, 5.41) is 17.4. The molecule has 0 aromatic heterocycles. The van der Waals surface area contributed by atoms with Crippen molar-refractivity contribution in [3.05, 3.63) is 0 Å². The third-order valence-electron chi connectivity index (χ3n) is 4.00. The maximum absolute atomic E-state index is 10.4. The molecular formula is C11H22N2O. The van der Waals surface area contributed by atoms with Gasteiger partial charge in [0.15, 0.2) is 0 Å². The molecular weight excluding hydrogens is 176 g/mol. The summed E-state index contributed by atoms with van der Waals surface area (Å²) in [6, 6.07) is 0. The highest BCUT2D eigenvalue weighted by Crippen LogP contribution is 2.42. The van der Waals surface area contributed by atoms with Crippen LogP contribution >= 0.6 is 0 Å². The van der Waals surface area contributed by atoms with Gasteiger partial charge in [0.2, 0.25) is 0 Å². The molecule has 2 heterocycles. The van der Waals surface area contributed by atoms with Crippen molar-refractivity contribution in [3.63, 3.8) is 0 Å². The van der Waals surface area contributed by atoms with Gasteiger partial charge in [-0.3, -0.25) is 0 Å². The number of hydrogen-bond acceptors (Lipinski definition) is 3. The van der Waals surface area contributed by atoms with Crippen molar-refractivity contribution in [2.45, 2.75) is 32.8 Å². The van der Waals surface area contributed by atoms with Gasteiger partial charge in [-0.1, -0.05) is 20.3 Å². The first-order chi connectivity index (χ1) is 6.63. The molecule has 0 aromatic rings. The van der Waals surface area contributed by atoms with Gasteiger partial charge >= 0.3 is 0 Å². The lowest BCUT2D eigenvalue weighted by atomic mass is 9.62. The second-order valence-electron chi connectivity index (χ2n) is 5.38. The van der Waals surface area contributed by atoms with E-state index < -0.39 is 0 Å². The molecule has 2 aliphatic heterocycles. The van der Waals surface area contributed by atoms with Crippen molar-refractivity contribution in [3.8, 4) is 0 Å². The molecule has 0 aromatic carbocycles. The largest absolute Gasteiger partial charge is 0.392 e. The van der Waals surface area contributed by atoms with Gasteiger partial charge in [0.25, 0.3) is 0 Å². The van der Waals surface area contributed by atoms with Gasteiger partial charge in [-0.25, -0.2) is 0 Å². The van der Waals surface area contributed by atoms with Gasteiger partial charge < -0.3 is 15.7 Å². The number of aliphatic hydroxyl groups excluding tert-OH is 1. The lowest BCUT2D eigenvalue weighted by Crippen LogP contribution is -2.69. The quantitative estimate of drug-likeness (QED) is 0.600. The summed E-state index contributed by atoms with van der Waals surface area (Å²) in [6.07, 6.45) is 2.12. The van der Waals surface area contributed by atoms with E-state index in [9.17, 15) is 5.11 Å². The summed E-state index contributed by atoms with van der Waals surface area (Å²) in [5.74, 6) is 0. The molecule has 0 aliphatic carbocycles. The maximum Gasteiger partial charge on any atom is 0.0698 e. The molecule has 2 rings (SSSR count). The molecule has 0 spiro atoms. The zero-order valence-corrected chi connectivity index (χ0v) is 9.27. The van der Waals surface area contributed by atoms with E-state index in [4.69, 9.17) is 0 Å². The van der Waals surface area contributed by atoms with Crippen molar-refractivity contribution >= 4 is 0 Å². The Morgan fingerprint density at radius 1 is 1.21 bits per heavy atom. The Hall–Kier alpha value is -0.120. The first-order valence-corrected chi connectivity index (χ1v) is 5.72. The lowest BCUT2D eigenvalue weighted by Gasteiger charge is -2.55. The Morgan fingerprint density at radius 2 is 1.79 bits per heavy atom. The van der Waals surface area contributed by atoms with E-state index in [2.05, 4.69) is 24.5 Å². The molecule has 2 aliphatic rings. The van der Waals surface area contributed by atoms with E-state index in [-0.39, 0.29) is 16.9 Å². The molecule has 2 bridgehead atoms. The predicted octanol–water partition coefficient (Wildman–Crippen LogP) is 0.346. The fourth-order valence-corrected chi connectivity index (χ4v) is 3.26. The molecule has 3 heteroatoms. The zero-order valence-electron chi connectivity index (χ0n) is 9.27. The summed E-state index contributed by atoms with van der Waals surface area (Å²) < 4.78 is 0. The SMILES string of the molecule is CCCC12CNCC(C)(CNC1)[C@H]2O. The molecule has 0 saturated carbocycles. The molecule has 3 N–H and O–H groups in total. The number of piperidine rings is 2. The Kier molecular flexibility index (Phi) is 2.58. The van der Waals surface area contributed by atoms with Crippen LogP contribution in [-0.2, 0) is 0 Å². The van der Waals surface area contributed by atoms with Gasteiger partial charge in [0.05, 0.1) is 6.10 Å². The highest BCUT2D eigenvalue weighted by atomic mass is 16.3. The Bertz CT molecular complexity index is 202. The van der Waals surface area contributed by atoms with Crippen LogP contribution < -0.4 is 10.6 Å². The van der Waals surface area contributed by atoms with Crippen LogP contribution in [0.2, 0.25) is 0 Å². The summed E-state index contributed by atoms with van der Waals surface area (Å²) >= 11 is 0. The number of rotatable bonds is 2. The highest BCUT2D eigenvalue weighted by molar-refractivity contribution is 5.07. The van der Waals surface area contributed by atoms with Crippen LogP contribution in [0.4, 0.5) is 0 Å². The molecule has 82 valence electrons. The fraction of sp³-hybridized carbons (Fsp3) is 1.00. The van der Waals surface area contributed by atoms with Crippen LogP contribution in [0.5, 0.6) is 0 Å². The normalized spacial score (nSPS) is 47.8. The number of hydrogen-bond donors (Lipinski definition) is 3. The second kappa shape index (κ2) is 3.47. The number of fused-ring (bicyclic) bond motifs is 2. The van der Waals surface area contributed by atoms with Gasteiger partial charge in [-0.15, -0.1) is 0 Å². The zero-order chi connectivity index (χ0) is 10.2. The van der Waals surface area contributed by atoms with Crippen molar-refractivity contribution in [2.75, 3.05) is 26.2 Å². The van der Waals surface area contributed by atoms with E-state index in [1.165, 1.54) is 0 Å². The van der Waals surface area contributed by atoms with E-state index >= 15 is 0 Å². The van der Waals surface area contributed by atoms with Crippen LogP contribution in [0, 0.1) is 10.8 Å². The first-order valence-electron chi connectivity index (χ1n) is 5.72. The monoisotopic (exact) mass is 198 g/mol. The third kappa shape index (κ3) is 1.38. The van der Waals surface area contributed by atoms with Crippen molar-refractivity contribution < 1.29 is 5.11 Å². The number of aliphatic hydroxyl groups is 1. The third-order valence-corrected chi connectivity index (χ3v) is 4.00. The summed E-state index contributed by atoms with van der Waals surface area (Å²) in [7, 11) is 0. The average molecular weight is 198 g/mol. The molecule has 0 unspecified atom stereocenters. The molecule has 2 fully saturated rings. The smallest absolute Gasteiger partial charge is 0.0698 e. The van der Waals surface area contributed by atoms with E-state index in [0.717, 1.165) is 39.0 Å². The van der Waals surface area contributed by atoms with Crippen molar-refractivity contribution in [2.24, 2.45) is 10.8 Å². The van der Waals surface area contributed by atoms with Crippen molar-refractivity contribution in [1.82, 2.24) is 10.6 Å². The average Bonchev–Trinajstić information content (AvgIpc) is 2.11. The summed E-state index contributed by atoms with van der Waals surface area (Å²) in [5.41, 5.74) is 0.117. The summed E-state index contributed by atoms with van der Waals surface area (Å²) in [6.45, 7) is 8.18. The van der Waals surface area contributed by atoms with Crippen LogP contribution in [-0.4, -0.2) is 37.4 Å². The Morgan fingerprint density at radius 3 is 2.29 bits per heavy atom. The van der Waals surface area contributed by atoms with E-state index in [0.29, 0.717) is 0 Å². The standard InChI is InChI=1S/C11H22N2O/c1-3-4-11-7-12-5-10(2,9(11)14)6-13-8-11/h9,12-14H,3-8H2,1-2H3/t9-,10?,11?/m1/s1. The van der Waals surface area contributed by atoms with Gasteiger partial charge in [0.1, 0.15) is 0 Å². The topological polar surface area (TPSA) is 44.3 Å². The molecule has 0 radical (unpaired) electrons. The van der Waals surface area contributed by atoms with Crippen LogP contribution in [0.25, 0.3) is 0 Å². The fourth-order valence-electron chi connectivity index (χ4n) is 3.26. The molecule has 1 atom stereocenters. The molecule has 2 saturated heterocycles. The lowest BCUT2D eigenvalue weighted by molar-refractivity contribution is -0.114. The second-order valence-corrected chi connectivity index (χ2v) is 5.38. The van der Waals surface area contributed by atoms with Crippen LogP contribution in [0.3, 0.4) is 0 Å². The van der Waals surface area contributed by atoms with Crippen molar-refractivity contribution in [1.29, 1.82) is 0 Å². The van der Waals surface area contributed by atoms with Crippen LogP contribution in [0.15, 0.2) is 0 Å². The predicted molar refractivity (Wildman–Crippen MR) is 57.2 cm³/mol. The summed E-state index contributed by atoms with van der Waals surface area (Å²) in [4.78, 5) is 0. The minimum absolute atomic E-state index is 0.0334. The van der Waals surface area contributed by atoms with Gasteiger partial charge in [-0.05, 0) is 6.42 Å². The molecule has 14 heavy (non-hydrogen) atoms. The molecule has 0 amide bonds.